The van der Waals surface area contributed by atoms with E-state index in [1.807, 2.05) is 0 Å². The van der Waals surface area contributed by atoms with Gasteiger partial charge in [0.15, 0.2) is 0 Å². The molecule has 19 heavy (non-hydrogen) atoms. The Kier molecular flexibility index (Phi) is 2.86. The van der Waals surface area contributed by atoms with Crippen molar-refractivity contribution in [1.29, 1.82) is 5.26 Å². The summed E-state index contributed by atoms with van der Waals surface area (Å²) < 4.78 is 51.3. The largest absolute Gasteiger partial charge is 0.453 e. The van der Waals surface area contributed by atoms with Gasteiger partial charge in [-0.1, -0.05) is 0 Å². The van der Waals surface area contributed by atoms with E-state index in [1.165, 1.54) is 6.07 Å². The molecule has 9 heteroatoms. The molecule has 0 radical (unpaired) electrons. The number of hydrogen-bond acceptors (Lipinski definition) is 4. The first-order valence-corrected chi connectivity index (χ1v) is 4.82. The fraction of sp³-hybridized carbons (Fsp3) is 0.100. The van der Waals surface area contributed by atoms with Gasteiger partial charge in [-0.3, -0.25) is 0 Å². The zero-order valence-corrected chi connectivity index (χ0v) is 9.11. The molecule has 0 amide bonds. The van der Waals surface area contributed by atoms with Crippen LogP contribution in [0.4, 0.5) is 23.5 Å². The van der Waals surface area contributed by atoms with Crippen molar-refractivity contribution >= 4 is 5.95 Å². The molecule has 0 aliphatic heterocycles. The van der Waals surface area contributed by atoms with Gasteiger partial charge in [-0.25, -0.2) is 4.39 Å². The van der Waals surface area contributed by atoms with Crippen molar-refractivity contribution < 1.29 is 17.6 Å². The van der Waals surface area contributed by atoms with Gasteiger partial charge < -0.3 is 5.73 Å². The van der Waals surface area contributed by atoms with Crippen molar-refractivity contribution in [3.63, 3.8) is 0 Å². The summed E-state index contributed by atoms with van der Waals surface area (Å²) in [7, 11) is 0. The van der Waals surface area contributed by atoms with E-state index in [1.54, 1.807) is 6.07 Å². The molecule has 98 valence electrons. The number of nitrogens with zero attached hydrogens (tertiary/aromatic N) is 4. The molecule has 1 aromatic carbocycles. The van der Waals surface area contributed by atoms with Crippen LogP contribution in [0.2, 0.25) is 0 Å². The van der Waals surface area contributed by atoms with Crippen LogP contribution in [0, 0.1) is 17.1 Å². The molecule has 1 aromatic heterocycles. The highest BCUT2D eigenvalue weighted by Gasteiger charge is 2.37. The summed E-state index contributed by atoms with van der Waals surface area (Å²) in [6.07, 6.45) is -4.78. The van der Waals surface area contributed by atoms with Crippen LogP contribution in [0.5, 0.6) is 0 Å². The summed E-state index contributed by atoms with van der Waals surface area (Å²) in [5.74, 6) is -2.99. The van der Waals surface area contributed by atoms with Crippen molar-refractivity contribution in [3.8, 4) is 11.8 Å². The van der Waals surface area contributed by atoms with Crippen molar-refractivity contribution in [2.45, 2.75) is 6.18 Å². The lowest BCUT2D eigenvalue weighted by Crippen LogP contribution is -2.09. The zero-order chi connectivity index (χ0) is 14.2. The van der Waals surface area contributed by atoms with E-state index in [-0.39, 0.29) is 11.3 Å². The van der Waals surface area contributed by atoms with E-state index >= 15 is 0 Å². The Bertz CT molecular complexity index is 668. The summed E-state index contributed by atoms with van der Waals surface area (Å²) in [6, 6.07) is 4.88. The maximum absolute atomic E-state index is 13.6. The van der Waals surface area contributed by atoms with Crippen LogP contribution in [0.15, 0.2) is 18.2 Å². The number of nitriles is 1. The minimum absolute atomic E-state index is 0.0241. The van der Waals surface area contributed by atoms with Crippen LogP contribution < -0.4 is 5.73 Å². The number of benzene rings is 1. The maximum Gasteiger partial charge on any atom is 0.453 e. The predicted molar refractivity (Wildman–Crippen MR) is 55.4 cm³/mol. The van der Waals surface area contributed by atoms with Gasteiger partial charge in [-0.15, -0.1) is 5.10 Å². The zero-order valence-electron chi connectivity index (χ0n) is 9.11. The van der Waals surface area contributed by atoms with Crippen LogP contribution in [0.25, 0.3) is 5.69 Å². The number of alkyl halides is 3. The van der Waals surface area contributed by atoms with E-state index < -0.39 is 23.8 Å². The van der Waals surface area contributed by atoms with Gasteiger partial charge >= 0.3 is 6.18 Å². The highest BCUT2D eigenvalue weighted by atomic mass is 19.4. The Hall–Kier alpha value is -2.63. The molecule has 5 nitrogen and oxygen atoms in total. The number of nitrogen functional groups attached to an aromatic ring is 1. The molecular formula is C10H5F4N5. The summed E-state index contributed by atoms with van der Waals surface area (Å²) in [5, 5.41) is 11.7. The molecule has 2 rings (SSSR count). The second-order valence-electron chi connectivity index (χ2n) is 3.48. The average Bonchev–Trinajstić information content (AvgIpc) is 2.71. The normalized spacial score (nSPS) is 11.3. The SMILES string of the molecule is N#Cc1ccc(-n2nc(C(F)(F)F)nc2N)c(F)c1. The van der Waals surface area contributed by atoms with Crippen molar-refractivity contribution in [2.75, 3.05) is 5.73 Å². The van der Waals surface area contributed by atoms with Gasteiger partial charge in [-0.05, 0) is 18.2 Å². The lowest BCUT2D eigenvalue weighted by atomic mass is 10.2. The van der Waals surface area contributed by atoms with Crippen molar-refractivity contribution in [1.82, 2.24) is 14.8 Å². The molecule has 1 heterocycles. The minimum Gasteiger partial charge on any atom is -0.368 e. The van der Waals surface area contributed by atoms with E-state index in [2.05, 4.69) is 10.1 Å². The summed E-state index contributed by atoms with van der Waals surface area (Å²) in [6.45, 7) is 0. The molecular weight excluding hydrogens is 266 g/mol. The molecule has 0 unspecified atom stereocenters. The van der Waals surface area contributed by atoms with E-state index in [0.29, 0.717) is 4.68 Å². The van der Waals surface area contributed by atoms with Crippen LogP contribution in [0.1, 0.15) is 11.4 Å². The van der Waals surface area contributed by atoms with Crippen LogP contribution >= 0.6 is 0 Å². The molecule has 0 saturated carbocycles. The van der Waals surface area contributed by atoms with Gasteiger partial charge in [0.1, 0.15) is 11.5 Å². The Morgan fingerprint density at radius 3 is 2.47 bits per heavy atom. The molecule has 0 atom stereocenters. The minimum atomic E-state index is -4.78. The fourth-order valence-electron chi connectivity index (χ4n) is 1.37. The topological polar surface area (TPSA) is 80.5 Å². The summed E-state index contributed by atoms with van der Waals surface area (Å²) in [4.78, 5) is 3.01. The van der Waals surface area contributed by atoms with E-state index in [4.69, 9.17) is 11.0 Å². The monoisotopic (exact) mass is 271 g/mol. The summed E-state index contributed by atoms with van der Waals surface area (Å²) in [5.41, 5.74) is 4.97. The quantitative estimate of drug-likeness (QED) is 0.803. The Morgan fingerprint density at radius 2 is 2.00 bits per heavy atom. The third-order valence-electron chi connectivity index (χ3n) is 2.19. The number of halogens is 4. The third-order valence-corrected chi connectivity index (χ3v) is 2.19. The Balaban J connectivity index is 2.54. The van der Waals surface area contributed by atoms with Gasteiger partial charge in [-0.2, -0.15) is 28.1 Å². The van der Waals surface area contributed by atoms with Gasteiger partial charge in [0.25, 0.3) is 5.82 Å². The number of aromatic nitrogens is 3. The molecule has 0 bridgehead atoms. The lowest BCUT2D eigenvalue weighted by Gasteiger charge is -2.04. The smallest absolute Gasteiger partial charge is 0.368 e. The predicted octanol–water partition coefficient (Wildman–Crippen LogP) is 1.88. The van der Waals surface area contributed by atoms with Gasteiger partial charge in [0.2, 0.25) is 5.95 Å². The maximum atomic E-state index is 13.6. The summed E-state index contributed by atoms with van der Waals surface area (Å²) >= 11 is 0. The second-order valence-corrected chi connectivity index (χ2v) is 3.48. The molecule has 0 saturated heterocycles. The second kappa shape index (κ2) is 4.24. The molecule has 0 aliphatic rings. The highest BCUT2D eigenvalue weighted by molar-refractivity contribution is 5.43. The lowest BCUT2D eigenvalue weighted by molar-refractivity contribution is -0.144. The van der Waals surface area contributed by atoms with E-state index in [0.717, 1.165) is 12.1 Å². The molecule has 2 aromatic rings. The molecule has 0 fully saturated rings. The number of rotatable bonds is 1. The Morgan fingerprint density at radius 1 is 1.32 bits per heavy atom. The molecule has 0 spiro atoms. The van der Waals surface area contributed by atoms with Crippen LogP contribution in [0.3, 0.4) is 0 Å². The average molecular weight is 271 g/mol. The van der Waals surface area contributed by atoms with Crippen LogP contribution in [-0.4, -0.2) is 14.8 Å². The number of nitrogens with two attached hydrogens (primary N) is 1. The fourth-order valence-corrected chi connectivity index (χ4v) is 1.37. The van der Waals surface area contributed by atoms with Gasteiger partial charge in [0, 0.05) is 0 Å². The highest BCUT2D eigenvalue weighted by Crippen LogP contribution is 2.28. The van der Waals surface area contributed by atoms with Crippen molar-refractivity contribution in [2.24, 2.45) is 0 Å². The number of hydrogen-bond donors (Lipinski definition) is 1. The van der Waals surface area contributed by atoms with Crippen molar-refractivity contribution in [3.05, 3.63) is 35.4 Å². The molecule has 2 N–H and O–H groups in total. The van der Waals surface area contributed by atoms with Gasteiger partial charge in [0.05, 0.1) is 11.6 Å². The third kappa shape index (κ3) is 2.33. The standard InChI is InChI=1S/C10H5F4N5/c11-6-3-5(4-15)1-2-7(6)19-9(16)17-8(18-19)10(12,13)14/h1-3H,(H2,16,17,18). The first kappa shape index (κ1) is 12.8. The van der Waals surface area contributed by atoms with E-state index in [9.17, 15) is 17.6 Å². The number of anilines is 1. The molecule has 0 aliphatic carbocycles. The first-order chi connectivity index (χ1) is 8.82. The van der Waals surface area contributed by atoms with Crippen LogP contribution in [-0.2, 0) is 6.18 Å². The first-order valence-electron chi connectivity index (χ1n) is 4.82. The Labute approximate surface area is 103 Å².